The van der Waals surface area contributed by atoms with E-state index in [2.05, 4.69) is 50.9 Å². The number of carboxylic acid groups (broad SMARTS) is 1. The number of benzene rings is 1. The Bertz CT molecular complexity index is 1240. The van der Waals surface area contributed by atoms with E-state index in [0.717, 1.165) is 62.6 Å². The molecule has 2 atom stereocenters. The molecule has 2 unspecified atom stereocenters. The van der Waals surface area contributed by atoms with Gasteiger partial charge in [-0.2, -0.15) is 22.5 Å². The second-order valence-corrected chi connectivity index (χ2v) is 12.4. The molecule has 244 valence electrons. The number of halogens is 3. The van der Waals surface area contributed by atoms with E-state index < -0.39 is 18.0 Å². The number of aliphatic carboxylic acids is 1. The first-order valence-electron chi connectivity index (χ1n) is 15.3. The molecule has 13 heteroatoms. The highest BCUT2D eigenvalue weighted by Gasteiger charge is 2.36. The molecule has 3 rings (SSSR count). The molecule has 44 heavy (non-hydrogen) atoms. The molecule has 0 fully saturated rings. The number of carbonyl (C=O) groups is 2. The predicted molar refractivity (Wildman–Crippen MR) is 167 cm³/mol. The van der Waals surface area contributed by atoms with Crippen molar-refractivity contribution in [3.05, 3.63) is 41.7 Å². The molecule has 1 aliphatic carbocycles. The largest absolute Gasteiger partial charge is 0.481 e. The Kier molecular flexibility index (Phi) is 13.7. The summed E-state index contributed by atoms with van der Waals surface area (Å²) in [5.41, 5.74) is 2.07. The molecule has 0 spiro atoms. The van der Waals surface area contributed by atoms with Crippen molar-refractivity contribution in [2.45, 2.75) is 96.8 Å². The zero-order valence-electron chi connectivity index (χ0n) is 25.7. The fourth-order valence-corrected chi connectivity index (χ4v) is 5.70. The highest BCUT2D eigenvalue weighted by Crippen LogP contribution is 2.36. The van der Waals surface area contributed by atoms with Crippen LogP contribution in [0, 0.1) is 5.92 Å². The molecule has 0 radical (unpaired) electrons. The Labute approximate surface area is 261 Å². The topological polar surface area (TPSA) is 117 Å². The number of hydrogen-bond donors (Lipinski definition) is 3. The summed E-state index contributed by atoms with van der Waals surface area (Å²) in [5, 5.41) is 15.2. The normalized spacial score (nSPS) is 16.9. The van der Waals surface area contributed by atoms with Crippen LogP contribution in [0.25, 0.3) is 0 Å². The van der Waals surface area contributed by atoms with Gasteiger partial charge in [0.05, 0.1) is 17.8 Å². The van der Waals surface area contributed by atoms with Crippen LogP contribution < -0.4 is 15.5 Å². The molecule has 0 saturated carbocycles. The predicted octanol–water partition coefficient (Wildman–Crippen LogP) is 8.13. The number of amides is 1. The van der Waals surface area contributed by atoms with Crippen molar-refractivity contribution in [3.8, 4) is 0 Å². The van der Waals surface area contributed by atoms with Gasteiger partial charge in [-0.25, -0.2) is 4.79 Å². The molecule has 0 saturated heterocycles. The number of nitrogens with one attached hydrogen (secondary N) is 2. The van der Waals surface area contributed by atoms with Crippen LogP contribution in [0.1, 0.15) is 95.9 Å². The Balaban J connectivity index is 1.64. The summed E-state index contributed by atoms with van der Waals surface area (Å²) in [6.07, 6.45) is 6.28. The molecule has 1 aromatic heterocycles. The molecule has 3 N–H and O–H groups in total. The van der Waals surface area contributed by atoms with E-state index in [1.807, 2.05) is 12.1 Å². The fraction of sp³-hybridized carbons (Fsp3) is 0.613. The van der Waals surface area contributed by atoms with Gasteiger partial charge in [0.25, 0.3) is 0 Å². The van der Waals surface area contributed by atoms with Crippen molar-refractivity contribution in [3.63, 3.8) is 0 Å². The monoisotopic (exact) mass is 639 g/mol. The van der Waals surface area contributed by atoms with E-state index in [1.54, 1.807) is 13.0 Å². The lowest BCUT2D eigenvalue weighted by molar-refractivity contribution is -0.144. The zero-order valence-corrected chi connectivity index (χ0v) is 26.5. The molecular weight excluding hydrogens is 595 g/mol. The van der Waals surface area contributed by atoms with Crippen LogP contribution in [-0.4, -0.2) is 52.3 Å². The van der Waals surface area contributed by atoms with Crippen LogP contribution in [0.2, 0.25) is 0 Å². The molecule has 1 aliphatic rings. The van der Waals surface area contributed by atoms with E-state index in [9.17, 15) is 27.9 Å². The Hall–Kier alpha value is -3.35. The first-order chi connectivity index (χ1) is 20.9. The van der Waals surface area contributed by atoms with Gasteiger partial charge in [0.15, 0.2) is 0 Å². The molecule has 9 nitrogen and oxygen atoms in total. The number of carbonyl (C=O) groups excluding carboxylic acids is 1. The summed E-state index contributed by atoms with van der Waals surface area (Å²) in [6.45, 7) is 7.86. The van der Waals surface area contributed by atoms with E-state index in [0.29, 0.717) is 42.8 Å². The summed E-state index contributed by atoms with van der Waals surface area (Å²) in [5.74, 6) is -2.15. The van der Waals surface area contributed by atoms with Gasteiger partial charge in [-0.1, -0.05) is 39.0 Å². The minimum Gasteiger partial charge on any atom is -0.481 e. The summed E-state index contributed by atoms with van der Waals surface area (Å²) >= 11 is 0.620. The fourth-order valence-electron chi connectivity index (χ4n) is 5.10. The molecule has 2 aromatic rings. The maximum atomic E-state index is 13.1. The maximum absolute atomic E-state index is 13.1. The minimum atomic E-state index is -4.65. The Morgan fingerprint density at radius 3 is 2.61 bits per heavy atom. The summed E-state index contributed by atoms with van der Waals surface area (Å²) in [7, 11) is 0. The highest BCUT2D eigenvalue weighted by atomic mass is 32.1. The number of hydrogen-bond acceptors (Lipinski definition) is 8. The number of ether oxygens (including phenoxy) is 1. The molecule has 0 bridgehead atoms. The van der Waals surface area contributed by atoms with Gasteiger partial charge in [0.2, 0.25) is 11.0 Å². The van der Waals surface area contributed by atoms with Gasteiger partial charge in [0.1, 0.15) is 6.10 Å². The van der Waals surface area contributed by atoms with Crippen LogP contribution >= 0.6 is 11.5 Å². The first-order valence-corrected chi connectivity index (χ1v) is 16.1. The van der Waals surface area contributed by atoms with Crippen molar-refractivity contribution in [1.82, 2.24) is 14.7 Å². The second-order valence-electron chi connectivity index (χ2n) is 11.7. The molecular formula is C31H44F3N5O4S. The number of alkyl halides is 3. The van der Waals surface area contributed by atoms with Crippen molar-refractivity contribution in [2.75, 3.05) is 29.9 Å². The van der Waals surface area contributed by atoms with Crippen LogP contribution in [0.4, 0.5) is 34.5 Å². The molecule has 1 amide bonds. The average molecular weight is 640 g/mol. The highest BCUT2D eigenvalue weighted by molar-refractivity contribution is 7.09. The van der Waals surface area contributed by atoms with Crippen molar-refractivity contribution < 1.29 is 32.6 Å². The third-order valence-corrected chi connectivity index (χ3v) is 7.92. The van der Waals surface area contributed by atoms with Gasteiger partial charge in [-0.3, -0.25) is 4.79 Å². The van der Waals surface area contributed by atoms with Crippen LogP contribution in [0.3, 0.4) is 0 Å². The van der Waals surface area contributed by atoms with Gasteiger partial charge in [-0.05, 0) is 80.9 Å². The molecule has 1 heterocycles. The summed E-state index contributed by atoms with van der Waals surface area (Å²) in [6, 6.07) is 5.53. The van der Waals surface area contributed by atoms with Crippen molar-refractivity contribution in [2.24, 2.45) is 5.92 Å². The number of allylic oxidation sites excluding steroid dienone is 2. The number of nitrogens with zero attached hydrogens (tertiary/aromatic N) is 3. The van der Waals surface area contributed by atoms with Crippen LogP contribution in [0.5, 0.6) is 0 Å². The first kappa shape index (κ1) is 35.1. The lowest BCUT2D eigenvalue weighted by Crippen LogP contribution is -2.31. The van der Waals surface area contributed by atoms with E-state index in [-0.39, 0.29) is 29.7 Å². The Morgan fingerprint density at radius 2 is 1.91 bits per heavy atom. The standard InChI is InChI=1S/C31H44F3N5O4S/c1-21(2)20-39(17-11-7-10-16-35-30(42)43-24-12-8-5-4-6-9-13-24)26-15-14-23(22(3)18-27(40)41)19-25(26)36-29-37-28(38-44-29)31(32,33)34/h4-5,14-15,19,21-22,24H,6-13,16-18,20H2,1-3H3,(H,35,42)(H,40,41)(H,36,37,38)/b5-4-. The lowest BCUT2D eigenvalue weighted by atomic mass is 9.96. The average Bonchev–Trinajstić information content (AvgIpc) is 3.40. The molecule has 1 aromatic carbocycles. The SMILES string of the molecule is CC(C)CN(CCCCCNC(=O)OC1CC/C=C\CCC1)c1ccc(C(C)CC(=O)O)cc1Nc1nc(C(F)(F)F)ns1. The Morgan fingerprint density at radius 1 is 1.14 bits per heavy atom. The third kappa shape index (κ3) is 12.0. The maximum Gasteiger partial charge on any atom is 0.452 e. The smallest absolute Gasteiger partial charge is 0.452 e. The van der Waals surface area contributed by atoms with E-state index in [1.165, 1.54) is 0 Å². The number of carboxylic acids is 1. The van der Waals surface area contributed by atoms with Crippen LogP contribution in [0.15, 0.2) is 30.4 Å². The number of anilines is 3. The van der Waals surface area contributed by atoms with E-state index >= 15 is 0 Å². The van der Waals surface area contributed by atoms with Gasteiger partial charge >= 0.3 is 18.2 Å². The van der Waals surface area contributed by atoms with Crippen molar-refractivity contribution >= 4 is 40.1 Å². The number of aromatic nitrogens is 2. The number of unbranched alkanes of at least 4 members (excludes halogenated alkanes) is 2. The summed E-state index contributed by atoms with van der Waals surface area (Å²) < 4.78 is 48.5. The lowest BCUT2D eigenvalue weighted by Gasteiger charge is -2.29. The second kappa shape index (κ2) is 17.2. The summed E-state index contributed by atoms with van der Waals surface area (Å²) in [4.78, 5) is 29.4. The van der Waals surface area contributed by atoms with Gasteiger partial charge in [-0.15, -0.1) is 0 Å². The van der Waals surface area contributed by atoms with Gasteiger partial charge in [0, 0.05) is 31.2 Å². The number of rotatable bonds is 15. The molecule has 0 aliphatic heterocycles. The van der Waals surface area contributed by atoms with Crippen LogP contribution in [-0.2, 0) is 15.7 Å². The zero-order chi connectivity index (χ0) is 32.1. The van der Waals surface area contributed by atoms with Crippen molar-refractivity contribution in [1.29, 1.82) is 0 Å². The third-order valence-electron chi connectivity index (χ3n) is 7.28. The minimum absolute atomic E-state index is 0.0000556. The van der Waals surface area contributed by atoms with Gasteiger partial charge < -0.3 is 25.4 Å². The number of alkyl carbamates (subject to hydrolysis) is 1. The quantitative estimate of drug-likeness (QED) is 0.132. The van der Waals surface area contributed by atoms with E-state index in [4.69, 9.17) is 4.74 Å².